The summed E-state index contributed by atoms with van der Waals surface area (Å²) in [6.45, 7) is 15.2. The van der Waals surface area contributed by atoms with Crippen LogP contribution in [0.1, 0.15) is 102 Å². The van der Waals surface area contributed by atoms with Crippen LogP contribution in [0.15, 0.2) is 48.5 Å². The van der Waals surface area contributed by atoms with Gasteiger partial charge in [0, 0.05) is 42.9 Å². The van der Waals surface area contributed by atoms with Crippen molar-refractivity contribution in [3.63, 3.8) is 0 Å². The molecule has 8 heteroatoms. The third-order valence-corrected chi connectivity index (χ3v) is 9.65. The Kier molecular flexibility index (Phi) is 11.5. The van der Waals surface area contributed by atoms with Crippen LogP contribution in [0.4, 0.5) is 10.1 Å². The van der Waals surface area contributed by atoms with Gasteiger partial charge >= 0.3 is 5.97 Å². The summed E-state index contributed by atoms with van der Waals surface area (Å²) in [5, 5.41) is 10.6. The Morgan fingerprint density at radius 2 is 1.69 bits per heavy atom. The zero-order valence-electron chi connectivity index (χ0n) is 29.6. The van der Waals surface area contributed by atoms with Gasteiger partial charge in [0.2, 0.25) is 0 Å². The number of halogens is 1. The Morgan fingerprint density at radius 3 is 2.29 bits per heavy atom. The summed E-state index contributed by atoms with van der Waals surface area (Å²) in [4.78, 5) is 20.4. The first kappa shape index (κ1) is 35.8. The molecule has 1 atom stereocenters. The number of aromatic nitrogens is 1. The number of anilines is 1. The van der Waals surface area contributed by atoms with Crippen molar-refractivity contribution in [1.29, 1.82) is 0 Å². The van der Waals surface area contributed by atoms with Gasteiger partial charge in [0.15, 0.2) is 6.10 Å². The topological polar surface area (TPSA) is 81.1 Å². The van der Waals surface area contributed by atoms with Gasteiger partial charge in [0.25, 0.3) is 0 Å². The van der Waals surface area contributed by atoms with Crippen LogP contribution in [0.2, 0.25) is 0 Å². The second kappa shape index (κ2) is 15.4. The Balaban J connectivity index is 1.55. The molecule has 48 heavy (non-hydrogen) atoms. The molecular weight excluding hydrogens is 607 g/mol. The second-order valence-corrected chi connectivity index (χ2v) is 15.3. The highest BCUT2D eigenvalue weighted by molar-refractivity contribution is 5.88. The number of carboxylic acid groups (broad SMARTS) is 1. The molecule has 3 aromatic rings. The molecule has 1 saturated carbocycles. The predicted molar refractivity (Wildman–Crippen MR) is 188 cm³/mol. The highest BCUT2D eigenvalue weighted by Gasteiger charge is 2.37. The van der Waals surface area contributed by atoms with E-state index < -0.39 is 17.7 Å². The summed E-state index contributed by atoms with van der Waals surface area (Å²) in [6.07, 6.45) is 6.34. The quantitative estimate of drug-likeness (QED) is 0.196. The van der Waals surface area contributed by atoms with Gasteiger partial charge in [-0.25, -0.2) is 9.18 Å². The van der Waals surface area contributed by atoms with Crippen LogP contribution in [-0.4, -0.2) is 48.0 Å². The molecule has 2 heterocycles. The largest absolute Gasteiger partial charge is 0.493 e. The van der Waals surface area contributed by atoms with Crippen LogP contribution in [0.5, 0.6) is 5.75 Å². The number of aryl methyl sites for hydroxylation is 1. The number of benzene rings is 2. The third-order valence-electron chi connectivity index (χ3n) is 9.65. The zero-order valence-corrected chi connectivity index (χ0v) is 29.6. The van der Waals surface area contributed by atoms with Crippen molar-refractivity contribution in [1.82, 2.24) is 4.98 Å². The molecule has 0 radical (unpaired) electrons. The van der Waals surface area contributed by atoms with Crippen molar-refractivity contribution in [2.45, 2.75) is 105 Å². The fraction of sp³-hybridized carbons (Fsp3) is 0.550. The predicted octanol–water partition coefficient (Wildman–Crippen LogP) is 9.09. The molecule has 1 aliphatic carbocycles. The SMILES string of the molecule is Cc1nc(COCC2CCCC2)c(-c2ccc(OCCc3ccc(F)cc3)cc2)c(N2CCC(C)(C)CC2)c1[C@H](OC(C)(C)C)C(=O)O. The number of pyridine rings is 1. The van der Waals surface area contributed by atoms with E-state index in [0.717, 1.165) is 59.8 Å². The number of piperidine rings is 1. The maximum Gasteiger partial charge on any atom is 0.337 e. The smallest absolute Gasteiger partial charge is 0.337 e. The average Bonchev–Trinajstić information content (AvgIpc) is 3.55. The molecule has 0 bridgehead atoms. The van der Waals surface area contributed by atoms with Gasteiger partial charge in [0.05, 0.1) is 30.2 Å². The van der Waals surface area contributed by atoms with Crippen LogP contribution in [0.25, 0.3) is 11.1 Å². The molecule has 2 aromatic carbocycles. The number of ether oxygens (including phenoxy) is 3. The molecule has 0 amide bonds. The fourth-order valence-electron chi connectivity index (χ4n) is 6.89. The van der Waals surface area contributed by atoms with E-state index in [2.05, 4.69) is 18.7 Å². The van der Waals surface area contributed by atoms with Crippen molar-refractivity contribution in [3.8, 4) is 16.9 Å². The lowest BCUT2D eigenvalue weighted by Gasteiger charge is -2.41. The second-order valence-electron chi connectivity index (χ2n) is 15.3. The summed E-state index contributed by atoms with van der Waals surface area (Å²) in [5.74, 6) is 0.00979. The van der Waals surface area contributed by atoms with Crippen molar-refractivity contribution in [2.24, 2.45) is 11.3 Å². The Labute approximate surface area is 285 Å². The van der Waals surface area contributed by atoms with Gasteiger partial charge in [-0.1, -0.05) is 51.0 Å². The van der Waals surface area contributed by atoms with Gasteiger partial charge in [-0.15, -0.1) is 0 Å². The third kappa shape index (κ3) is 9.35. The number of rotatable bonds is 13. The number of hydrogen-bond acceptors (Lipinski definition) is 6. The molecule has 1 N–H and O–H groups in total. The molecular formula is C40H53FN2O5. The Hall–Kier alpha value is -3.49. The molecule has 1 aromatic heterocycles. The number of aliphatic carboxylic acids is 1. The minimum Gasteiger partial charge on any atom is -0.493 e. The molecule has 1 aliphatic heterocycles. The van der Waals surface area contributed by atoms with E-state index in [1.165, 1.54) is 37.8 Å². The molecule has 5 rings (SSSR count). The van der Waals surface area contributed by atoms with Crippen LogP contribution in [-0.2, 0) is 27.3 Å². The van der Waals surface area contributed by atoms with Crippen molar-refractivity contribution >= 4 is 11.7 Å². The van der Waals surface area contributed by atoms with E-state index in [0.29, 0.717) is 43.4 Å². The maximum absolute atomic E-state index is 13.3. The number of nitrogens with zero attached hydrogens (tertiary/aromatic N) is 2. The first-order valence-electron chi connectivity index (χ1n) is 17.5. The lowest BCUT2D eigenvalue weighted by Crippen LogP contribution is -2.39. The minimum absolute atomic E-state index is 0.202. The molecule has 2 aliphatic rings. The van der Waals surface area contributed by atoms with Gasteiger partial charge in [-0.2, -0.15) is 0 Å². The maximum atomic E-state index is 13.3. The zero-order chi connectivity index (χ0) is 34.5. The first-order valence-corrected chi connectivity index (χ1v) is 17.5. The van der Waals surface area contributed by atoms with Gasteiger partial charge < -0.3 is 24.2 Å². The summed E-state index contributed by atoms with van der Waals surface area (Å²) in [7, 11) is 0. The van der Waals surface area contributed by atoms with Crippen LogP contribution >= 0.6 is 0 Å². The van der Waals surface area contributed by atoms with Crippen molar-refractivity contribution in [2.75, 3.05) is 31.2 Å². The van der Waals surface area contributed by atoms with Crippen LogP contribution in [0, 0.1) is 24.1 Å². The lowest BCUT2D eigenvalue weighted by molar-refractivity contribution is -0.160. The molecule has 0 spiro atoms. The van der Waals surface area contributed by atoms with E-state index in [-0.39, 0.29) is 11.2 Å². The number of carbonyl (C=O) groups is 1. The fourth-order valence-corrected chi connectivity index (χ4v) is 6.89. The van der Waals surface area contributed by atoms with Crippen molar-refractivity contribution in [3.05, 3.63) is 76.9 Å². The first-order chi connectivity index (χ1) is 22.8. The Morgan fingerprint density at radius 1 is 1.04 bits per heavy atom. The van der Waals surface area contributed by atoms with Crippen LogP contribution < -0.4 is 9.64 Å². The van der Waals surface area contributed by atoms with Crippen LogP contribution in [0.3, 0.4) is 0 Å². The highest BCUT2D eigenvalue weighted by atomic mass is 19.1. The summed E-state index contributed by atoms with van der Waals surface area (Å²) >= 11 is 0. The normalized spacial score (nSPS) is 17.4. The lowest BCUT2D eigenvalue weighted by atomic mass is 9.81. The molecule has 1 saturated heterocycles. The molecule has 0 unspecified atom stereocenters. The van der Waals surface area contributed by atoms with E-state index in [1.54, 1.807) is 12.1 Å². The number of carboxylic acids is 1. The van der Waals surface area contributed by atoms with Gasteiger partial charge in [-0.05, 0) is 100 Å². The average molecular weight is 661 g/mol. The van der Waals surface area contributed by atoms with E-state index in [1.807, 2.05) is 52.0 Å². The molecule has 2 fully saturated rings. The van der Waals surface area contributed by atoms with Gasteiger partial charge in [0.1, 0.15) is 11.6 Å². The summed E-state index contributed by atoms with van der Waals surface area (Å²) in [6, 6.07) is 14.4. The summed E-state index contributed by atoms with van der Waals surface area (Å²) < 4.78 is 32.1. The highest BCUT2D eigenvalue weighted by Crippen LogP contribution is 2.45. The van der Waals surface area contributed by atoms with Gasteiger partial charge in [-0.3, -0.25) is 4.98 Å². The standard InChI is InChI=1S/C40H53FN2O5/c1-27-34(37(38(44)45)48-39(2,3)4)36(43-22-20-40(5,6)21-23-43)35(33(42-27)26-46-25-29-9-7-8-10-29)30-13-17-32(18-14-30)47-24-19-28-11-15-31(41)16-12-28/h11-18,29,37H,7-10,19-26H2,1-6H3,(H,44,45)/t37-/m0/s1. The summed E-state index contributed by atoms with van der Waals surface area (Å²) in [5.41, 5.74) is 5.27. The van der Waals surface area contributed by atoms with E-state index in [9.17, 15) is 14.3 Å². The van der Waals surface area contributed by atoms with E-state index >= 15 is 0 Å². The van der Waals surface area contributed by atoms with E-state index in [4.69, 9.17) is 19.2 Å². The van der Waals surface area contributed by atoms with Crippen molar-refractivity contribution < 1.29 is 28.5 Å². The molecule has 7 nitrogen and oxygen atoms in total. The number of hydrogen-bond donors (Lipinski definition) is 1. The Bertz CT molecular complexity index is 1520. The minimum atomic E-state index is -1.19. The monoisotopic (exact) mass is 660 g/mol. The molecule has 260 valence electrons.